The Morgan fingerprint density at radius 3 is 2.45 bits per heavy atom. The summed E-state index contributed by atoms with van der Waals surface area (Å²) in [5, 5.41) is 0. The Balaban J connectivity index is 2.56. The molecule has 1 N–H and O–H groups in total. The van der Waals surface area contributed by atoms with E-state index in [2.05, 4.69) is 18.8 Å². The Morgan fingerprint density at radius 1 is 1.20 bits per heavy atom. The zero-order valence-electron chi connectivity index (χ0n) is 12.6. The van der Waals surface area contributed by atoms with E-state index in [0.29, 0.717) is 12.5 Å². The Hall–Kier alpha value is -1.65. The van der Waals surface area contributed by atoms with Crippen molar-refractivity contribution in [1.82, 2.24) is 9.55 Å². The first-order chi connectivity index (χ1) is 9.43. The molecule has 0 atom stereocenters. The van der Waals surface area contributed by atoms with Gasteiger partial charge in [-0.15, -0.1) is 0 Å². The van der Waals surface area contributed by atoms with E-state index in [1.165, 1.54) is 26.0 Å². The number of ketones is 1. The third-order valence-electron chi connectivity index (χ3n) is 3.35. The van der Waals surface area contributed by atoms with Crippen LogP contribution < -0.4 is 11.2 Å². The highest BCUT2D eigenvalue weighted by Crippen LogP contribution is 2.09. The van der Waals surface area contributed by atoms with Crippen LogP contribution in [0.5, 0.6) is 0 Å². The molecule has 1 heterocycles. The van der Waals surface area contributed by atoms with E-state index in [4.69, 9.17) is 0 Å². The van der Waals surface area contributed by atoms with Crippen LogP contribution in [0, 0.1) is 5.92 Å². The normalized spacial score (nSPS) is 11.0. The molecule has 0 spiro atoms. The van der Waals surface area contributed by atoms with Crippen LogP contribution >= 0.6 is 0 Å². The number of aromatic amines is 1. The molecule has 20 heavy (non-hydrogen) atoms. The molecular formula is C15H24N2O3. The van der Waals surface area contributed by atoms with Crippen molar-refractivity contribution in [2.45, 2.75) is 59.4 Å². The zero-order valence-corrected chi connectivity index (χ0v) is 12.6. The van der Waals surface area contributed by atoms with E-state index in [-0.39, 0.29) is 11.3 Å². The van der Waals surface area contributed by atoms with E-state index >= 15 is 0 Å². The van der Waals surface area contributed by atoms with Crippen LogP contribution in [0.1, 0.15) is 63.2 Å². The number of Topliss-reactive ketones (excluding diaryl/α,β-unsaturated/α-hetero) is 1. The standard InChI is InChI=1S/C15H24N2O3/c1-11(2)8-6-4-5-7-9-17-14(19)13(12(3)18)10-16-15(17)20/h10-11H,4-9H2,1-3H3,(H,16,20). The molecule has 0 aromatic carbocycles. The largest absolute Gasteiger partial charge is 0.328 e. The van der Waals surface area contributed by atoms with Crippen LogP contribution in [0.2, 0.25) is 0 Å². The molecule has 5 heteroatoms. The number of rotatable bonds is 8. The van der Waals surface area contributed by atoms with E-state index in [9.17, 15) is 14.4 Å². The Kier molecular flexibility index (Phi) is 6.42. The fraction of sp³-hybridized carbons (Fsp3) is 0.667. The molecule has 1 aromatic rings. The van der Waals surface area contributed by atoms with Crippen LogP contribution in [0.15, 0.2) is 15.8 Å². The highest BCUT2D eigenvalue weighted by Gasteiger charge is 2.10. The molecule has 1 aromatic heterocycles. The van der Waals surface area contributed by atoms with Crippen molar-refractivity contribution in [2.24, 2.45) is 5.92 Å². The third-order valence-corrected chi connectivity index (χ3v) is 3.35. The molecule has 5 nitrogen and oxygen atoms in total. The molecule has 0 aliphatic rings. The predicted molar refractivity (Wildman–Crippen MR) is 79.3 cm³/mol. The topological polar surface area (TPSA) is 71.9 Å². The first-order valence-corrected chi connectivity index (χ1v) is 7.27. The summed E-state index contributed by atoms with van der Waals surface area (Å²) >= 11 is 0. The Morgan fingerprint density at radius 2 is 1.85 bits per heavy atom. The predicted octanol–water partition coefficient (Wildman–Crippen LogP) is 2.35. The van der Waals surface area contributed by atoms with Gasteiger partial charge in [-0.05, 0) is 19.3 Å². The summed E-state index contributed by atoms with van der Waals surface area (Å²) in [6.45, 7) is 6.10. The molecule has 112 valence electrons. The maximum Gasteiger partial charge on any atom is 0.328 e. The summed E-state index contributed by atoms with van der Waals surface area (Å²) in [5.41, 5.74) is -0.880. The highest BCUT2D eigenvalue weighted by atomic mass is 16.2. The molecule has 0 bridgehead atoms. The summed E-state index contributed by atoms with van der Waals surface area (Å²) in [5.74, 6) is 0.393. The van der Waals surface area contributed by atoms with Crippen molar-refractivity contribution in [3.05, 3.63) is 32.6 Å². The van der Waals surface area contributed by atoms with Gasteiger partial charge in [0, 0.05) is 12.7 Å². The van der Waals surface area contributed by atoms with Gasteiger partial charge in [0.15, 0.2) is 5.78 Å². The van der Waals surface area contributed by atoms with E-state index in [1.54, 1.807) is 0 Å². The second kappa shape index (κ2) is 7.82. The maximum atomic E-state index is 12.0. The van der Waals surface area contributed by atoms with E-state index in [0.717, 1.165) is 23.8 Å². The number of hydrogen-bond donors (Lipinski definition) is 1. The maximum absolute atomic E-state index is 12.0. The van der Waals surface area contributed by atoms with Crippen LogP contribution in [0.4, 0.5) is 0 Å². The summed E-state index contributed by atoms with van der Waals surface area (Å²) in [6.07, 6.45) is 6.46. The molecule has 0 fully saturated rings. The van der Waals surface area contributed by atoms with Crippen LogP contribution in [0.25, 0.3) is 0 Å². The number of nitrogens with zero attached hydrogens (tertiary/aromatic N) is 1. The molecule has 0 aliphatic carbocycles. The summed E-state index contributed by atoms with van der Waals surface area (Å²) < 4.78 is 1.12. The highest BCUT2D eigenvalue weighted by molar-refractivity contribution is 5.93. The van der Waals surface area contributed by atoms with Gasteiger partial charge in [-0.3, -0.25) is 14.2 Å². The first-order valence-electron chi connectivity index (χ1n) is 7.27. The number of carbonyl (C=O) groups is 1. The molecule has 0 saturated carbocycles. The summed E-state index contributed by atoms with van der Waals surface area (Å²) in [7, 11) is 0. The molecule has 0 unspecified atom stereocenters. The number of hydrogen-bond acceptors (Lipinski definition) is 3. The van der Waals surface area contributed by atoms with Gasteiger partial charge in [0.2, 0.25) is 0 Å². The molecular weight excluding hydrogens is 256 g/mol. The Bertz CT molecular complexity index is 555. The number of aromatic nitrogens is 2. The minimum atomic E-state index is -0.483. The minimum absolute atomic E-state index is 0.0457. The molecule has 0 amide bonds. The molecule has 0 radical (unpaired) electrons. The van der Waals surface area contributed by atoms with Crippen molar-refractivity contribution in [3.63, 3.8) is 0 Å². The van der Waals surface area contributed by atoms with Gasteiger partial charge in [0.25, 0.3) is 5.56 Å². The molecule has 0 aliphatic heterocycles. The zero-order chi connectivity index (χ0) is 15.1. The van der Waals surface area contributed by atoms with Gasteiger partial charge in [-0.1, -0.05) is 39.5 Å². The lowest BCUT2D eigenvalue weighted by molar-refractivity contribution is 0.101. The monoisotopic (exact) mass is 280 g/mol. The van der Waals surface area contributed by atoms with Gasteiger partial charge >= 0.3 is 5.69 Å². The van der Waals surface area contributed by atoms with E-state index in [1.807, 2.05) is 0 Å². The summed E-state index contributed by atoms with van der Waals surface area (Å²) in [6, 6.07) is 0. The fourth-order valence-electron chi connectivity index (χ4n) is 2.14. The van der Waals surface area contributed by atoms with Crippen LogP contribution in [-0.2, 0) is 6.54 Å². The lowest BCUT2D eigenvalue weighted by atomic mass is 10.0. The van der Waals surface area contributed by atoms with Gasteiger partial charge in [-0.2, -0.15) is 0 Å². The van der Waals surface area contributed by atoms with Gasteiger partial charge in [0.05, 0.1) is 5.56 Å². The number of H-pyrrole nitrogens is 1. The van der Waals surface area contributed by atoms with Crippen molar-refractivity contribution in [1.29, 1.82) is 0 Å². The second-order valence-electron chi connectivity index (χ2n) is 5.62. The van der Waals surface area contributed by atoms with Crippen molar-refractivity contribution < 1.29 is 4.79 Å². The van der Waals surface area contributed by atoms with Crippen molar-refractivity contribution in [3.8, 4) is 0 Å². The average Bonchev–Trinajstić information content (AvgIpc) is 2.35. The minimum Gasteiger partial charge on any atom is -0.313 e. The molecule has 0 saturated heterocycles. The number of nitrogens with one attached hydrogen (secondary N) is 1. The third kappa shape index (κ3) is 4.79. The quantitative estimate of drug-likeness (QED) is 0.587. The molecule has 1 rings (SSSR count). The lowest BCUT2D eigenvalue weighted by Crippen LogP contribution is -2.37. The fourth-order valence-corrected chi connectivity index (χ4v) is 2.14. The Labute approximate surface area is 119 Å². The second-order valence-corrected chi connectivity index (χ2v) is 5.62. The van der Waals surface area contributed by atoms with Gasteiger partial charge < -0.3 is 4.98 Å². The summed E-state index contributed by atoms with van der Waals surface area (Å²) in [4.78, 5) is 37.3. The van der Waals surface area contributed by atoms with E-state index < -0.39 is 11.2 Å². The number of unbranched alkanes of at least 4 members (excludes halogenated alkanes) is 3. The first kappa shape index (κ1) is 16.4. The lowest BCUT2D eigenvalue weighted by Gasteiger charge is -2.06. The SMILES string of the molecule is CC(=O)c1c[nH]c(=O)n(CCCCCCC(C)C)c1=O. The van der Waals surface area contributed by atoms with Gasteiger partial charge in [-0.25, -0.2) is 4.79 Å². The van der Waals surface area contributed by atoms with Crippen LogP contribution in [0.3, 0.4) is 0 Å². The van der Waals surface area contributed by atoms with Crippen molar-refractivity contribution >= 4 is 5.78 Å². The smallest absolute Gasteiger partial charge is 0.313 e. The van der Waals surface area contributed by atoms with Gasteiger partial charge in [0.1, 0.15) is 0 Å². The van der Waals surface area contributed by atoms with Crippen LogP contribution in [-0.4, -0.2) is 15.3 Å². The number of carbonyl (C=O) groups excluding carboxylic acids is 1. The van der Waals surface area contributed by atoms with Crippen molar-refractivity contribution in [2.75, 3.05) is 0 Å². The average molecular weight is 280 g/mol.